The van der Waals surface area contributed by atoms with Crippen LogP contribution < -0.4 is 0 Å². The number of hydrogen-bond donors (Lipinski definition) is 0. The smallest absolute Gasteiger partial charge is 0.00191 e. The van der Waals surface area contributed by atoms with Crippen LogP contribution >= 0.6 is 0 Å². The van der Waals surface area contributed by atoms with Crippen molar-refractivity contribution >= 4 is 0 Å². The Morgan fingerprint density at radius 2 is 1.58 bits per heavy atom. The molecule has 0 N–H and O–H groups in total. The molecular weight excluding hydrogens is 146 g/mol. The normalized spacial score (nSPS) is 19.0. The standard InChI is InChI=1S/C8H17N.C2H6.CH4/c1-3-8-4-6-9(2)7-5-8;1-2;/h8H,3-7H2,1-2H3;1-2H3;1H4. The molecule has 0 bridgehead atoms. The summed E-state index contributed by atoms with van der Waals surface area (Å²) in [5.74, 6) is 1.03. The van der Waals surface area contributed by atoms with E-state index in [0.717, 1.165) is 5.92 Å². The fourth-order valence-electron chi connectivity index (χ4n) is 1.47. The Labute approximate surface area is 79.2 Å². The average molecular weight is 173 g/mol. The first-order valence-corrected chi connectivity index (χ1v) is 5.01. The van der Waals surface area contributed by atoms with E-state index >= 15 is 0 Å². The van der Waals surface area contributed by atoms with E-state index in [-0.39, 0.29) is 7.43 Å². The zero-order chi connectivity index (χ0) is 8.69. The van der Waals surface area contributed by atoms with Gasteiger partial charge in [0.25, 0.3) is 0 Å². The molecule has 0 saturated carbocycles. The van der Waals surface area contributed by atoms with E-state index in [1.807, 2.05) is 13.8 Å². The second kappa shape index (κ2) is 9.05. The van der Waals surface area contributed by atoms with Gasteiger partial charge in [-0.15, -0.1) is 0 Å². The largest absolute Gasteiger partial charge is 0.306 e. The van der Waals surface area contributed by atoms with Crippen molar-refractivity contribution in [3.63, 3.8) is 0 Å². The molecule has 1 nitrogen and oxygen atoms in total. The fourth-order valence-corrected chi connectivity index (χ4v) is 1.47. The molecular formula is C11H27N. The van der Waals surface area contributed by atoms with Gasteiger partial charge in [0, 0.05) is 0 Å². The van der Waals surface area contributed by atoms with Gasteiger partial charge < -0.3 is 4.90 Å². The molecule has 1 aliphatic heterocycles. The Morgan fingerprint density at radius 1 is 1.17 bits per heavy atom. The SMILES string of the molecule is C.CC.CCC1CCN(C)CC1. The third-order valence-electron chi connectivity index (χ3n) is 2.42. The van der Waals surface area contributed by atoms with Crippen LogP contribution in [0.2, 0.25) is 0 Å². The van der Waals surface area contributed by atoms with E-state index in [0.29, 0.717) is 0 Å². The second-order valence-corrected chi connectivity index (χ2v) is 3.15. The number of likely N-dealkylation sites (tertiary alicyclic amines) is 1. The van der Waals surface area contributed by atoms with Gasteiger partial charge in [-0.3, -0.25) is 0 Å². The summed E-state index contributed by atoms with van der Waals surface area (Å²) in [4.78, 5) is 2.42. The molecule has 0 radical (unpaired) electrons. The highest BCUT2D eigenvalue weighted by Gasteiger charge is 2.13. The van der Waals surface area contributed by atoms with Crippen LogP contribution in [0.4, 0.5) is 0 Å². The van der Waals surface area contributed by atoms with E-state index in [2.05, 4.69) is 18.9 Å². The topological polar surface area (TPSA) is 3.24 Å². The van der Waals surface area contributed by atoms with Crippen molar-refractivity contribution in [2.45, 2.75) is 47.5 Å². The van der Waals surface area contributed by atoms with Crippen molar-refractivity contribution < 1.29 is 0 Å². The Morgan fingerprint density at radius 3 is 1.92 bits per heavy atom. The molecule has 1 heterocycles. The van der Waals surface area contributed by atoms with Crippen molar-refractivity contribution in [1.82, 2.24) is 4.90 Å². The van der Waals surface area contributed by atoms with Gasteiger partial charge in [0.05, 0.1) is 0 Å². The van der Waals surface area contributed by atoms with Crippen molar-refractivity contribution in [2.24, 2.45) is 5.92 Å². The lowest BCUT2D eigenvalue weighted by molar-refractivity contribution is 0.216. The zero-order valence-electron chi connectivity index (χ0n) is 8.56. The summed E-state index contributed by atoms with van der Waals surface area (Å²) in [6, 6.07) is 0. The van der Waals surface area contributed by atoms with Crippen LogP contribution in [0.15, 0.2) is 0 Å². The molecule has 12 heavy (non-hydrogen) atoms. The van der Waals surface area contributed by atoms with Crippen molar-refractivity contribution in [2.75, 3.05) is 20.1 Å². The summed E-state index contributed by atoms with van der Waals surface area (Å²) in [5.41, 5.74) is 0. The highest BCUT2D eigenvalue weighted by molar-refractivity contribution is 4.67. The van der Waals surface area contributed by atoms with Gasteiger partial charge in [0.1, 0.15) is 0 Å². The lowest BCUT2D eigenvalue weighted by atomic mass is 9.95. The molecule has 0 aromatic heterocycles. The predicted molar refractivity (Wildman–Crippen MR) is 58.6 cm³/mol. The Kier molecular flexibility index (Phi) is 10.9. The highest BCUT2D eigenvalue weighted by atomic mass is 15.1. The maximum Gasteiger partial charge on any atom is -0.00191 e. The van der Waals surface area contributed by atoms with E-state index in [4.69, 9.17) is 0 Å². The molecule has 0 aromatic rings. The van der Waals surface area contributed by atoms with Gasteiger partial charge in [-0.2, -0.15) is 0 Å². The van der Waals surface area contributed by atoms with Crippen LogP contribution in [0.5, 0.6) is 0 Å². The third-order valence-corrected chi connectivity index (χ3v) is 2.42. The van der Waals surface area contributed by atoms with Gasteiger partial charge >= 0.3 is 0 Å². The summed E-state index contributed by atoms with van der Waals surface area (Å²) in [7, 11) is 2.21. The van der Waals surface area contributed by atoms with Crippen LogP contribution in [0.1, 0.15) is 47.5 Å². The minimum absolute atomic E-state index is 0. The minimum Gasteiger partial charge on any atom is -0.306 e. The van der Waals surface area contributed by atoms with Crippen LogP contribution in [-0.4, -0.2) is 25.0 Å². The monoisotopic (exact) mass is 173 g/mol. The number of piperidine rings is 1. The third kappa shape index (κ3) is 5.59. The fraction of sp³-hybridized carbons (Fsp3) is 1.00. The molecule has 0 spiro atoms. The number of rotatable bonds is 1. The van der Waals surface area contributed by atoms with Gasteiger partial charge in [-0.1, -0.05) is 34.6 Å². The van der Waals surface area contributed by atoms with Gasteiger partial charge in [0.2, 0.25) is 0 Å². The lowest BCUT2D eigenvalue weighted by Gasteiger charge is -2.27. The van der Waals surface area contributed by atoms with Crippen molar-refractivity contribution in [3.05, 3.63) is 0 Å². The van der Waals surface area contributed by atoms with E-state index < -0.39 is 0 Å². The summed E-state index contributed by atoms with van der Waals surface area (Å²) >= 11 is 0. The highest BCUT2D eigenvalue weighted by Crippen LogP contribution is 2.18. The first-order valence-electron chi connectivity index (χ1n) is 5.01. The molecule has 1 saturated heterocycles. The Bertz CT molecular complexity index is 73.1. The van der Waals surface area contributed by atoms with Crippen molar-refractivity contribution in [1.29, 1.82) is 0 Å². The molecule has 0 atom stereocenters. The summed E-state index contributed by atoms with van der Waals surface area (Å²) in [5, 5.41) is 0. The molecule has 0 aromatic carbocycles. The van der Waals surface area contributed by atoms with Crippen LogP contribution in [0.3, 0.4) is 0 Å². The van der Waals surface area contributed by atoms with Gasteiger partial charge in [-0.05, 0) is 38.9 Å². The van der Waals surface area contributed by atoms with Gasteiger partial charge in [-0.25, -0.2) is 0 Å². The first-order chi connectivity index (χ1) is 5.33. The number of nitrogens with zero attached hydrogens (tertiary/aromatic N) is 1. The first kappa shape index (κ1) is 14.5. The Balaban J connectivity index is 0. The van der Waals surface area contributed by atoms with Crippen LogP contribution in [0.25, 0.3) is 0 Å². The summed E-state index contributed by atoms with van der Waals surface area (Å²) < 4.78 is 0. The Hall–Kier alpha value is -0.0400. The van der Waals surface area contributed by atoms with Crippen molar-refractivity contribution in [3.8, 4) is 0 Å². The molecule has 1 fully saturated rings. The maximum atomic E-state index is 2.42. The maximum absolute atomic E-state index is 2.42. The summed E-state index contributed by atoms with van der Waals surface area (Å²) in [6.45, 7) is 8.94. The number of hydrogen-bond acceptors (Lipinski definition) is 1. The molecule has 1 heteroatoms. The molecule has 76 valence electrons. The van der Waals surface area contributed by atoms with Crippen LogP contribution in [0, 0.1) is 5.92 Å². The minimum atomic E-state index is 0. The van der Waals surface area contributed by atoms with E-state index in [1.54, 1.807) is 0 Å². The average Bonchev–Trinajstić information content (AvgIpc) is 2.10. The summed E-state index contributed by atoms with van der Waals surface area (Å²) in [6.07, 6.45) is 4.23. The predicted octanol–water partition coefficient (Wildman–Crippen LogP) is 3.40. The lowest BCUT2D eigenvalue weighted by Crippen LogP contribution is -2.29. The molecule has 0 unspecified atom stereocenters. The molecule has 0 aliphatic carbocycles. The molecule has 1 rings (SSSR count). The van der Waals surface area contributed by atoms with Crippen LogP contribution in [-0.2, 0) is 0 Å². The molecule has 1 aliphatic rings. The van der Waals surface area contributed by atoms with E-state index in [9.17, 15) is 0 Å². The second-order valence-electron chi connectivity index (χ2n) is 3.15. The van der Waals surface area contributed by atoms with E-state index in [1.165, 1.54) is 32.4 Å². The van der Waals surface area contributed by atoms with Gasteiger partial charge in [0.15, 0.2) is 0 Å². The zero-order valence-corrected chi connectivity index (χ0v) is 8.56. The molecule has 0 amide bonds. The quantitative estimate of drug-likeness (QED) is 0.587.